The van der Waals surface area contributed by atoms with Gasteiger partial charge in [0.2, 0.25) is 0 Å². The second-order valence-corrected chi connectivity index (χ2v) is 3.71. The Kier molecular flexibility index (Phi) is 4.56. The van der Waals surface area contributed by atoms with Gasteiger partial charge < -0.3 is 26.4 Å². The lowest BCUT2D eigenvalue weighted by Crippen LogP contribution is -2.47. The largest absolute Gasteiger partial charge is 0.480 e. The van der Waals surface area contributed by atoms with Gasteiger partial charge in [0.25, 0.3) is 0 Å². The van der Waals surface area contributed by atoms with Gasteiger partial charge in [-0.3, -0.25) is 0 Å². The van der Waals surface area contributed by atoms with E-state index in [1.54, 1.807) is 0 Å². The molecular weight excluding hydrogens is 228 g/mol. The number of amides is 4. The number of urea groups is 2. The van der Waals surface area contributed by atoms with E-state index in [9.17, 15) is 14.4 Å². The number of carbonyl (C=O) groups excluding carboxylic acids is 2. The Morgan fingerprint density at radius 1 is 1.29 bits per heavy atom. The van der Waals surface area contributed by atoms with Crippen molar-refractivity contribution in [1.29, 1.82) is 0 Å². The van der Waals surface area contributed by atoms with E-state index in [-0.39, 0.29) is 13.1 Å². The molecule has 8 heteroatoms. The van der Waals surface area contributed by atoms with Gasteiger partial charge in [0.15, 0.2) is 0 Å². The lowest BCUT2D eigenvalue weighted by atomic mass is 10.2. The summed E-state index contributed by atoms with van der Waals surface area (Å²) in [7, 11) is 0. The number of nitrogens with zero attached hydrogens (tertiary/aromatic N) is 1. The van der Waals surface area contributed by atoms with Crippen LogP contribution in [0.5, 0.6) is 0 Å². The highest BCUT2D eigenvalue weighted by Gasteiger charge is 2.33. The second kappa shape index (κ2) is 5.92. The van der Waals surface area contributed by atoms with Crippen molar-refractivity contribution < 1.29 is 19.5 Å². The van der Waals surface area contributed by atoms with E-state index in [2.05, 4.69) is 10.6 Å². The van der Waals surface area contributed by atoms with Crippen molar-refractivity contribution in [3.8, 4) is 0 Å². The molecule has 1 aliphatic heterocycles. The summed E-state index contributed by atoms with van der Waals surface area (Å²) in [5.41, 5.74) is 4.84. The Balaban J connectivity index is 2.32. The molecule has 1 rings (SSSR count). The molecule has 0 aromatic carbocycles. The van der Waals surface area contributed by atoms with Gasteiger partial charge in [-0.05, 0) is 12.8 Å². The van der Waals surface area contributed by atoms with Crippen LogP contribution in [0.3, 0.4) is 0 Å². The predicted octanol–water partition coefficient (Wildman–Crippen LogP) is -1.09. The minimum atomic E-state index is -0.993. The fourth-order valence-corrected chi connectivity index (χ4v) is 1.72. The first-order valence-corrected chi connectivity index (χ1v) is 5.33. The number of hydrogen-bond donors (Lipinski definition) is 4. The van der Waals surface area contributed by atoms with Crippen LogP contribution in [0.1, 0.15) is 12.8 Å². The molecule has 0 saturated carbocycles. The topological polar surface area (TPSA) is 125 Å². The molecule has 0 spiro atoms. The molecule has 0 aromatic heterocycles. The van der Waals surface area contributed by atoms with Gasteiger partial charge in [-0.2, -0.15) is 0 Å². The fourth-order valence-electron chi connectivity index (χ4n) is 1.72. The lowest BCUT2D eigenvalue weighted by Gasteiger charge is -2.21. The number of carboxylic acid groups (broad SMARTS) is 1. The van der Waals surface area contributed by atoms with Crippen molar-refractivity contribution in [2.75, 3.05) is 19.6 Å². The third-order valence-electron chi connectivity index (χ3n) is 2.50. The minimum absolute atomic E-state index is 0.213. The summed E-state index contributed by atoms with van der Waals surface area (Å²) in [4.78, 5) is 34.1. The van der Waals surface area contributed by atoms with E-state index in [0.29, 0.717) is 19.4 Å². The number of nitrogens with one attached hydrogen (secondary N) is 2. The van der Waals surface area contributed by atoms with E-state index in [0.717, 1.165) is 0 Å². The van der Waals surface area contributed by atoms with Gasteiger partial charge in [-0.1, -0.05) is 0 Å². The highest BCUT2D eigenvalue weighted by Crippen LogP contribution is 2.16. The Bertz CT molecular complexity index is 320. The average Bonchev–Trinajstić information content (AvgIpc) is 2.72. The average molecular weight is 244 g/mol. The summed E-state index contributed by atoms with van der Waals surface area (Å²) < 4.78 is 0. The summed E-state index contributed by atoms with van der Waals surface area (Å²) in [5.74, 6) is -0.993. The summed E-state index contributed by atoms with van der Waals surface area (Å²) in [5, 5.41) is 13.7. The normalized spacial score (nSPS) is 18.8. The van der Waals surface area contributed by atoms with E-state index in [1.807, 2.05) is 0 Å². The maximum atomic E-state index is 11.6. The van der Waals surface area contributed by atoms with Gasteiger partial charge in [-0.15, -0.1) is 0 Å². The Morgan fingerprint density at radius 3 is 2.53 bits per heavy atom. The highest BCUT2D eigenvalue weighted by molar-refractivity contribution is 5.83. The van der Waals surface area contributed by atoms with Crippen LogP contribution in [0, 0.1) is 0 Å². The quantitative estimate of drug-likeness (QED) is 0.469. The molecule has 1 heterocycles. The van der Waals surface area contributed by atoms with Crippen LogP contribution in [0.4, 0.5) is 9.59 Å². The van der Waals surface area contributed by atoms with Gasteiger partial charge >= 0.3 is 18.0 Å². The van der Waals surface area contributed by atoms with Crippen molar-refractivity contribution in [1.82, 2.24) is 15.5 Å². The number of aliphatic carboxylic acids is 1. The van der Waals surface area contributed by atoms with Crippen LogP contribution in [0.15, 0.2) is 0 Å². The third-order valence-corrected chi connectivity index (χ3v) is 2.50. The Morgan fingerprint density at radius 2 is 1.94 bits per heavy atom. The molecule has 1 fully saturated rings. The van der Waals surface area contributed by atoms with Crippen molar-refractivity contribution in [3.05, 3.63) is 0 Å². The van der Waals surface area contributed by atoms with Crippen LogP contribution in [0.2, 0.25) is 0 Å². The third kappa shape index (κ3) is 3.82. The highest BCUT2D eigenvalue weighted by atomic mass is 16.4. The maximum Gasteiger partial charge on any atom is 0.326 e. The van der Waals surface area contributed by atoms with Crippen molar-refractivity contribution >= 4 is 18.0 Å². The van der Waals surface area contributed by atoms with E-state index >= 15 is 0 Å². The molecule has 0 unspecified atom stereocenters. The molecule has 17 heavy (non-hydrogen) atoms. The maximum absolute atomic E-state index is 11.6. The number of carboxylic acids is 1. The van der Waals surface area contributed by atoms with Gasteiger partial charge in [0.05, 0.1) is 0 Å². The zero-order chi connectivity index (χ0) is 12.8. The first-order chi connectivity index (χ1) is 8.02. The summed E-state index contributed by atoms with van der Waals surface area (Å²) in [6, 6.07) is -1.84. The fraction of sp³-hybridized carbons (Fsp3) is 0.667. The molecule has 0 aromatic rings. The number of likely N-dealkylation sites (tertiary alicyclic amines) is 1. The predicted molar refractivity (Wildman–Crippen MR) is 58.3 cm³/mol. The van der Waals surface area contributed by atoms with Crippen LogP contribution in [-0.2, 0) is 4.79 Å². The summed E-state index contributed by atoms with van der Waals surface area (Å²) >= 11 is 0. The van der Waals surface area contributed by atoms with Crippen molar-refractivity contribution in [3.63, 3.8) is 0 Å². The van der Waals surface area contributed by atoms with Gasteiger partial charge in [0, 0.05) is 19.6 Å². The summed E-state index contributed by atoms with van der Waals surface area (Å²) in [6.45, 7) is 0.864. The number of nitrogens with two attached hydrogens (primary N) is 1. The van der Waals surface area contributed by atoms with Crippen LogP contribution >= 0.6 is 0 Å². The van der Waals surface area contributed by atoms with Crippen LogP contribution in [-0.4, -0.2) is 53.7 Å². The smallest absolute Gasteiger partial charge is 0.326 e. The first-order valence-electron chi connectivity index (χ1n) is 5.33. The monoisotopic (exact) mass is 244 g/mol. The summed E-state index contributed by atoms with van der Waals surface area (Å²) in [6.07, 6.45) is 1.16. The molecular formula is C9H16N4O4. The zero-order valence-electron chi connectivity index (χ0n) is 9.31. The molecule has 96 valence electrons. The molecule has 1 saturated heterocycles. The van der Waals surface area contributed by atoms with Crippen LogP contribution in [0.25, 0.3) is 0 Å². The number of primary amides is 1. The standard InChI is InChI=1S/C9H16N4O4/c10-8(16)11-3-4-12-9(17)13-5-1-2-6(13)7(14)15/h6H,1-5H2,(H,12,17)(H,14,15)(H3,10,11,16)/t6-/m1/s1. The van der Waals surface area contributed by atoms with Crippen molar-refractivity contribution in [2.45, 2.75) is 18.9 Å². The molecule has 0 bridgehead atoms. The number of carbonyl (C=O) groups is 3. The SMILES string of the molecule is NC(=O)NCCNC(=O)N1CCC[C@@H]1C(=O)O. The van der Waals surface area contributed by atoms with Gasteiger partial charge in [-0.25, -0.2) is 14.4 Å². The molecule has 1 atom stereocenters. The second-order valence-electron chi connectivity index (χ2n) is 3.71. The molecule has 4 amide bonds. The van der Waals surface area contributed by atoms with Crippen LogP contribution < -0.4 is 16.4 Å². The molecule has 0 aliphatic carbocycles. The van der Waals surface area contributed by atoms with E-state index in [1.165, 1.54) is 4.90 Å². The first kappa shape index (κ1) is 13.1. The zero-order valence-corrected chi connectivity index (χ0v) is 9.31. The number of rotatable bonds is 4. The van der Waals surface area contributed by atoms with E-state index < -0.39 is 24.1 Å². The molecule has 0 radical (unpaired) electrons. The van der Waals surface area contributed by atoms with Crippen molar-refractivity contribution in [2.24, 2.45) is 5.73 Å². The Labute approximate surface area is 98.1 Å². The van der Waals surface area contributed by atoms with E-state index in [4.69, 9.17) is 10.8 Å². The van der Waals surface area contributed by atoms with Gasteiger partial charge in [0.1, 0.15) is 6.04 Å². The number of hydrogen-bond acceptors (Lipinski definition) is 3. The minimum Gasteiger partial charge on any atom is -0.480 e. The lowest BCUT2D eigenvalue weighted by molar-refractivity contribution is -0.141. The molecule has 1 aliphatic rings. The molecule has 8 nitrogen and oxygen atoms in total. The Hall–Kier alpha value is -1.99. The molecule has 5 N–H and O–H groups in total.